The Bertz CT molecular complexity index is 920. The minimum atomic E-state index is -0.605. The van der Waals surface area contributed by atoms with Gasteiger partial charge in [0.15, 0.2) is 6.61 Å². The second-order valence-corrected chi connectivity index (χ2v) is 5.39. The van der Waals surface area contributed by atoms with Gasteiger partial charge in [0.2, 0.25) is 0 Å². The lowest BCUT2D eigenvalue weighted by Crippen LogP contribution is -2.21. The number of esters is 1. The van der Waals surface area contributed by atoms with Gasteiger partial charge in [-0.1, -0.05) is 42.5 Å². The molecule has 3 aromatic rings. The fourth-order valence-corrected chi connectivity index (χ4v) is 2.49. The molecule has 0 bridgehead atoms. The Morgan fingerprint density at radius 1 is 0.920 bits per heavy atom. The van der Waals surface area contributed by atoms with Crippen molar-refractivity contribution in [2.75, 3.05) is 19.0 Å². The molecular weight excluding hydrogens is 318 g/mol. The first kappa shape index (κ1) is 16.5. The zero-order valence-corrected chi connectivity index (χ0v) is 13.7. The van der Waals surface area contributed by atoms with E-state index in [4.69, 9.17) is 9.47 Å². The molecule has 5 heteroatoms. The summed E-state index contributed by atoms with van der Waals surface area (Å²) in [7, 11) is 1.47. The van der Waals surface area contributed by atoms with Crippen LogP contribution in [0.15, 0.2) is 66.7 Å². The van der Waals surface area contributed by atoms with Crippen molar-refractivity contribution in [3.63, 3.8) is 0 Å². The number of para-hydroxylation sites is 1. The summed E-state index contributed by atoms with van der Waals surface area (Å²) in [4.78, 5) is 24.1. The SMILES string of the molecule is COc1ccccc1C(=O)OCC(=O)Nc1ccc2ccccc2c1. The summed E-state index contributed by atoms with van der Waals surface area (Å²) < 4.78 is 10.2. The molecule has 3 rings (SSSR count). The van der Waals surface area contributed by atoms with Crippen LogP contribution in [-0.4, -0.2) is 25.6 Å². The number of anilines is 1. The van der Waals surface area contributed by atoms with Crippen molar-refractivity contribution in [3.05, 3.63) is 72.3 Å². The smallest absolute Gasteiger partial charge is 0.342 e. The zero-order chi connectivity index (χ0) is 17.6. The van der Waals surface area contributed by atoms with Gasteiger partial charge in [-0.25, -0.2) is 4.79 Å². The van der Waals surface area contributed by atoms with Gasteiger partial charge in [0.05, 0.1) is 7.11 Å². The standard InChI is InChI=1S/C20H17NO4/c1-24-18-9-5-4-8-17(18)20(23)25-13-19(22)21-16-11-10-14-6-2-3-7-15(14)12-16/h2-12H,13H2,1H3,(H,21,22). The molecule has 0 unspecified atom stereocenters. The van der Waals surface area contributed by atoms with E-state index in [1.165, 1.54) is 7.11 Å². The predicted octanol–water partition coefficient (Wildman–Crippen LogP) is 3.64. The zero-order valence-electron chi connectivity index (χ0n) is 13.7. The number of rotatable bonds is 5. The van der Waals surface area contributed by atoms with Crippen LogP contribution in [0.2, 0.25) is 0 Å². The normalized spacial score (nSPS) is 10.3. The van der Waals surface area contributed by atoms with Crippen LogP contribution in [0.3, 0.4) is 0 Å². The van der Waals surface area contributed by atoms with E-state index in [0.29, 0.717) is 11.4 Å². The number of ether oxygens (including phenoxy) is 2. The van der Waals surface area contributed by atoms with Gasteiger partial charge in [-0.2, -0.15) is 0 Å². The summed E-state index contributed by atoms with van der Waals surface area (Å²) in [5.74, 6) is -0.605. The Morgan fingerprint density at radius 3 is 2.44 bits per heavy atom. The fraction of sp³-hybridized carbons (Fsp3) is 0.100. The van der Waals surface area contributed by atoms with E-state index in [-0.39, 0.29) is 12.2 Å². The Kier molecular flexibility index (Phi) is 4.95. The van der Waals surface area contributed by atoms with E-state index in [0.717, 1.165) is 10.8 Å². The first-order valence-electron chi connectivity index (χ1n) is 7.76. The third-order valence-corrected chi connectivity index (χ3v) is 3.69. The highest BCUT2D eigenvalue weighted by atomic mass is 16.5. The van der Waals surface area contributed by atoms with Crippen LogP contribution in [0.1, 0.15) is 10.4 Å². The summed E-state index contributed by atoms with van der Waals surface area (Å²) in [5, 5.41) is 4.83. The van der Waals surface area contributed by atoms with Crippen LogP contribution < -0.4 is 10.1 Å². The molecule has 126 valence electrons. The van der Waals surface area contributed by atoms with E-state index in [1.807, 2.05) is 42.5 Å². The second-order valence-electron chi connectivity index (χ2n) is 5.39. The maximum atomic E-state index is 12.1. The van der Waals surface area contributed by atoms with Crippen molar-refractivity contribution < 1.29 is 19.1 Å². The molecule has 0 saturated heterocycles. The van der Waals surface area contributed by atoms with Gasteiger partial charge in [0, 0.05) is 5.69 Å². The molecule has 0 fully saturated rings. The van der Waals surface area contributed by atoms with Crippen LogP contribution in [0.25, 0.3) is 10.8 Å². The van der Waals surface area contributed by atoms with Crippen molar-refractivity contribution in [2.24, 2.45) is 0 Å². The lowest BCUT2D eigenvalue weighted by Gasteiger charge is -2.09. The summed E-state index contributed by atoms with van der Waals surface area (Å²) >= 11 is 0. The van der Waals surface area contributed by atoms with Crippen LogP contribution in [0.4, 0.5) is 5.69 Å². The number of benzene rings is 3. The number of fused-ring (bicyclic) bond motifs is 1. The number of carbonyl (C=O) groups is 2. The molecule has 0 radical (unpaired) electrons. The number of hydrogen-bond acceptors (Lipinski definition) is 4. The van der Waals surface area contributed by atoms with Crippen LogP contribution in [-0.2, 0) is 9.53 Å². The van der Waals surface area contributed by atoms with Crippen molar-refractivity contribution in [2.45, 2.75) is 0 Å². The van der Waals surface area contributed by atoms with E-state index >= 15 is 0 Å². The molecule has 0 saturated carbocycles. The minimum absolute atomic E-state index is 0.281. The molecule has 0 spiro atoms. The molecule has 1 amide bonds. The highest BCUT2D eigenvalue weighted by molar-refractivity contribution is 5.98. The van der Waals surface area contributed by atoms with E-state index in [9.17, 15) is 9.59 Å². The van der Waals surface area contributed by atoms with Crippen LogP contribution >= 0.6 is 0 Å². The third kappa shape index (κ3) is 3.95. The highest BCUT2D eigenvalue weighted by Crippen LogP contribution is 2.20. The Morgan fingerprint density at radius 2 is 1.64 bits per heavy atom. The molecule has 0 aliphatic heterocycles. The topological polar surface area (TPSA) is 64.6 Å². The first-order valence-corrected chi connectivity index (χ1v) is 7.76. The molecule has 0 aliphatic rings. The summed E-state index contributed by atoms with van der Waals surface area (Å²) in [5.41, 5.74) is 0.931. The number of methoxy groups -OCH3 is 1. The predicted molar refractivity (Wildman–Crippen MR) is 95.9 cm³/mol. The Labute approximate surface area is 145 Å². The number of carbonyl (C=O) groups excluding carboxylic acids is 2. The van der Waals surface area contributed by atoms with Gasteiger partial charge in [-0.05, 0) is 35.0 Å². The molecule has 3 aromatic carbocycles. The lowest BCUT2D eigenvalue weighted by molar-refractivity contribution is -0.119. The Hall–Kier alpha value is -3.34. The third-order valence-electron chi connectivity index (χ3n) is 3.69. The molecule has 0 aliphatic carbocycles. The fourth-order valence-electron chi connectivity index (χ4n) is 2.49. The minimum Gasteiger partial charge on any atom is -0.496 e. The summed E-state index contributed by atoms with van der Waals surface area (Å²) in [6.45, 7) is -0.371. The van der Waals surface area contributed by atoms with Crippen LogP contribution in [0, 0.1) is 0 Å². The molecular formula is C20H17NO4. The summed E-state index contributed by atoms with van der Waals surface area (Å²) in [6.07, 6.45) is 0. The van der Waals surface area contributed by atoms with Crippen molar-refractivity contribution >= 4 is 28.3 Å². The van der Waals surface area contributed by atoms with Gasteiger partial charge < -0.3 is 14.8 Å². The van der Waals surface area contributed by atoms with Gasteiger partial charge in [-0.3, -0.25) is 4.79 Å². The van der Waals surface area contributed by atoms with Gasteiger partial charge in [0.1, 0.15) is 11.3 Å². The number of amides is 1. The monoisotopic (exact) mass is 335 g/mol. The average Bonchev–Trinajstić information content (AvgIpc) is 2.66. The molecule has 25 heavy (non-hydrogen) atoms. The first-order chi connectivity index (χ1) is 12.2. The van der Waals surface area contributed by atoms with Crippen molar-refractivity contribution in [1.29, 1.82) is 0 Å². The van der Waals surface area contributed by atoms with E-state index in [2.05, 4.69) is 5.32 Å². The largest absolute Gasteiger partial charge is 0.496 e. The van der Waals surface area contributed by atoms with Gasteiger partial charge in [0.25, 0.3) is 5.91 Å². The summed E-state index contributed by atoms with van der Waals surface area (Å²) in [6, 6.07) is 20.2. The molecule has 0 heterocycles. The van der Waals surface area contributed by atoms with Gasteiger partial charge >= 0.3 is 5.97 Å². The Balaban J connectivity index is 1.61. The average molecular weight is 335 g/mol. The molecule has 1 N–H and O–H groups in total. The molecule has 5 nitrogen and oxygen atoms in total. The molecule has 0 aromatic heterocycles. The van der Waals surface area contributed by atoms with Crippen LogP contribution in [0.5, 0.6) is 5.75 Å². The maximum Gasteiger partial charge on any atom is 0.342 e. The molecule has 0 atom stereocenters. The maximum absolute atomic E-state index is 12.1. The van der Waals surface area contributed by atoms with Crippen molar-refractivity contribution in [1.82, 2.24) is 0 Å². The van der Waals surface area contributed by atoms with E-state index < -0.39 is 11.9 Å². The number of hydrogen-bond donors (Lipinski definition) is 1. The number of nitrogens with one attached hydrogen (secondary N) is 1. The second kappa shape index (κ2) is 7.49. The van der Waals surface area contributed by atoms with Gasteiger partial charge in [-0.15, -0.1) is 0 Å². The quantitative estimate of drug-likeness (QED) is 0.723. The van der Waals surface area contributed by atoms with E-state index in [1.54, 1.807) is 24.3 Å². The van der Waals surface area contributed by atoms with Crippen molar-refractivity contribution in [3.8, 4) is 5.75 Å². The lowest BCUT2D eigenvalue weighted by atomic mass is 10.1. The highest BCUT2D eigenvalue weighted by Gasteiger charge is 2.14.